The molecule has 3 aromatic rings. The summed E-state index contributed by atoms with van der Waals surface area (Å²) in [6, 6.07) is 6.05. The van der Waals surface area contributed by atoms with Gasteiger partial charge in [-0.25, -0.2) is 9.78 Å². The zero-order valence-corrected chi connectivity index (χ0v) is 15.1. The summed E-state index contributed by atoms with van der Waals surface area (Å²) < 4.78 is 2.24. The molecule has 24 heavy (non-hydrogen) atoms. The third-order valence-electron chi connectivity index (χ3n) is 4.16. The highest BCUT2D eigenvalue weighted by molar-refractivity contribution is 7.17. The highest BCUT2D eigenvalue weighted by atomic mass is 32.1. The molecule has 6 heteroatoms. The molecule has 126 valence electrons. The fourth-order valence-electron chi connectivity index (χ4n) is 2.96. The van der Waals surface area contributed by atoms with E-state index in [4.69, 9.17) is 5.73 Å². The Labute approximate surface area is 144 Å². The first-order valence-corrected chi connectivity index (χ1v) is 8.70. The minimum atomic E-state index is -0.934. The number of benzene rings is 1. The van der Waals surface area contributed by atoms with Gasteiger partial charge in [-0.2, -0.15) is 0 Å². The van der Waals surface area contributed by atoms with Gasteiger partial charge >= 0.3 is 5.97 Å². The van der Waals surface area contributed by atoms with Crippen LogP contribution in [0.4, 0.5) is 5.69 Å². The van der Waals surface area contributed by atoms with E-state index in [9.17, 15) is 9.90 Å². The van der Waals surface area contributed by atoms with Gasteiger partial charge in [0.1, 0.15) is 9.88 Å². The van der Waals surface area contributed by atoms with Gasteiger partial charge in [-0.05, 0) is 38.0 Å². The molecule has 3 N–H and O–H groups in total. The van der Waals surface area contributed by atoms with Gasteiger partial charge < -0.3 is 15.4 Å². The number of nitrogens with two attached hydrogens (primary N) is 1. The van der Waals surface area contributed by atoms with Crippen molar-refractivity contribution in [2.75, 3.05) is 5.73 Å². The van der Waals surface area contributed by atoms with Gasteiger partial charge in [-0.1, -0.05) is 13.8 Å². The topological polar surface area (TPSA) is 81.1 Å². The smallest absolute Gasteiger partial charge is 0.347 e. The van der Waals surface area contributed by atoms with Crippen LogP contribution >= 0.6 is 11.3 Å². The Morgan fingerprint density at radius 2 is 2.08 bits per heavy atom. The van der Waals surface area contributed by atoms with Gasteiger partial charge in [0.25, 0.3) is 0 Å². The summed E-state index contributed by atoms with van der Waals surface area (Å²) in [5.74, 6) is -0.408. The van der Waals surface area contributed by atoms with Crippen LogP contribution in [0.2, 0.25) is 0 Å². The van der Waals surface area contributed by atoms with Crippen LogP contribution in [-0.4, -0.2) is 20.6 Å². The van der Waals surface area contributed by atoms with Crippen molar-refractivity contribution in [1.29, 1.82) is 0 Å². The fraction of sp³-hybridized carbons (Fsp3) is 0.333. The standard InChI is InChI=1S/C18H21N3O2S/c1-9(2)8-21-11(4)15(19)13-7-12(5-6-14(13)21)17-20-10(3)16(24-17)18(22)23/h5-7,9H,8,19H2,1-4H3,(H,22,23). The van der Waals surface area contributed by atoms with E-state index in [-0.39, 0.29) is 4.88 Å². The van der Waals surface area contributed by atoms with Crippen LogP contribution in [0.25, 0.3) is 21.5 Å². The van der Waals surface area contributed by atoms with Crippen LogP contribution < -0.4 is 5.73 Å². The van der Waals surface area contributed by atoms with Gasteiger partial charge in [0, 0.05) is 23.2 Å². The fourth-order valence-corrected chi connectivity index (χ4v) is 3.86. The number of aryl methyl sites for hydroxylation is 1. The summed E-state index contributed by atoms with van der Waals surface area (Å²) in [6.45, 7) is 9.04. The quantitative estimate of drug-likeness (QED) is 0.739. The molecule has 0 saturated carbocycles. The Morgan fingerprint density at radius 3 is 2.67 bits per heavy atom. The van der Waals surface area contributed by atoms with Crippen LogP contribution in [0.15, 0.2) is 18.2 Å². The minimum Gasteiger partial charge on any atom is -0.477 e. The third-order valence-corrected chi connectivity index (χ3v) is 5.35. The van der Waals surface area contributed by atoms with Crippen LogP contribution in [0.3, 0.4) is 0 Å². The van der Waals surface area contributed by atoms with Gasteiger partial charge in [-0.15, -0.1) is 11.3 Å². The largest absolute Gasteiger partial charge is 0.477 e. The number of aromatic carboxylic acids is 1. The summed E-state index contributed by atoms with van der Waals surface area (Å²) in [4.78, 5) is 15.9. The molecule has 0 radical (unpaired) electrons. The van der Waals surface area contributed by atoms with Crippen molar-refractivity contribution in [3.63, 3.8) is 0 Å². The van der Waals surface area contributed by atoms with Gasteiger partial charge in [0.05, 0.1) is 16.9 Å². The third kappa shape index (κ3) is 2.67. The first-order valence-electron chi connectivity index (χ1n) is 7.89. The van der Waals surface area contributed by atoms with Crippen LogP contribution in [0.5, 0.6) is 0 Å². The maximum Gasteiger partial charge on any atom is 0.347 e. The maximum atomic E-state index is 11.2. The number of carboxylic acid groups (broad SMARTS) is 1. The van der Waals surface area contributed by atoms with E-state index in [0.717, 1.165) is 34.4 Å². The van der Waals surface area contributed by atoms with Crippen molar-refractivity contribution in [3.05, 3.63) is 34.5 Å². The Kier molecular flexibility index (Phi) is 4.09. The summed E-state index contributed by atoms with van der Waals surface area (Å²) in [5, 5.41) is 10.9. The van der Waals surface area contributed by atoms with E-state index in [1.165, 1.54) is 11.3 Å². The second-order valence-electron chi connectivity index (χ2n) is 6.47. The van der Waals surface area contributed by atoms with Crippen molar-refractivity contribution in [2.45, 2.75) is 34.2 Å². The summed E-state index contributed by atoms with van der Waals surface area (Å²) in [7, 11) is 0. The number of anilines is 1. The molecule has 2 aromatic heterocycles. The lowest BCUT2D eigenvalue weighted by molar-refractivity contribution is 0.0701. The lowest BCUT2D eigenvalue weighted by Gasteiger charge is -2.11. The molecule has 0 amide bonds. The lowest BCUT2D eigenvalue weighted by atomic mass is 10.1. The van der Waals surface area contributed by atoms with E-state index in [1.807, 2.05) is 25.1 Å². The van der Waals surface area contributed by atoms with E-state index in [2.05, 4.69) is 23.4 Å². The number of nitrogens with zero attached hydrogens (tertiary/aromatic N) is 2. The maximum absolute atomic E-state index is 11.2. The SMILES string of the molecule is Cc1nc(-c2ccc3c(c2)c(N)c(C)n3CC(C)C)sc1C(=O)O. The molecule has 0 aliphatic rings. The number of thiazole rings is 1. The number of nitrogen functional groups attached to an aromatic ring is 1. The zero-order chi connectivity index (χ0) is 17.6. The Balaban J connectivity index is 2.14. The van der Waals surface area contributed by atoms with Crippen molar-refractivity contribution in [2.24, 2.45) is 5.92 Å². The predicted octanol–water partition coefficient (Wildman–Crippen LogP) is 4.32. The lowest BCUT2D eigenvalue weighted by Crippen LogP contribution is -2.06. The first kappa shape index (κ1) is 16.5. The highest BCUT2D eigenvalue weighted by Crippen LogP contribution is 2.34. The van der Waals surface area contributed by atoms with Gasteiger partial charge in [-0.3, -0.25) is 0 Å². The molecule has 0 fully saturated rings. The van der Waals surface area contributed by atoms with Crippen molar-refractivity contribution in [1.82, 2.24) is 9.55 Å². The Bertz CT molecular complexity index is 938. The molecule has 0 aliphatic carbocycles. The van der Waals surface area contributed by atoms with Gasteiger partial charge in [0.15, 0.2) is 0 Å². The molecule has 0 saturated heterocycles. The van der Waals surface area contributed by atoms with Gasteiger partial charge in [0.2, 0.25) is 0 Å². The van der Waals surface area contributed by atoms with Crippen molar-refractivity contribution < 1.29 is 9.90 Å². The number of rotatable bonds is 4. The van der Waals surface area contributed by atoms with E-state index in [0.29, 0.717) is 16.6 Å². The molecule has 5 nitrogen and oxygen atoms in total. The predicted molar refractivity (Wildman–Crippen MR) is 98.7 cm³/mol. The zero-order valence-electron chi connectivity index (χ0n) is 14.3. The number of carboxylic acids is 1. The number of aromatic nitrogens is 2. The number of hydrogen-bond acceptors (Lipinski definition) is 4. The molecule has 2 heterocycles. The minimum absolute atomic E-state index is 0.284. The molecule has 0 bridgehead atoms. The van der Waals surface area contributed by atoms with Crippen LogP contribution in [0, 0.1) is 19.8 Å². The summed E-state index contributed by atoms with van der Waals surface area (Å²) in [5.41, 5.74) is 10.7. The molecule has 0 atom stereocenters. The molecule has 1 aromatic carbocycles. The van der Waals surface area contributed by atoms with Crippen LogP contribution in [0.1, 0.15) is 34.9 Å². The molecular weight excluding hydrogens is 322 g/mol. The van der Waals surface area contributed by atoms with E-state index >= 15 is 0 Å². The monoisotopic (exact) mass is 343 g/mol. The summed E-state index contributed by atoms with van der Waals surface area (Å²) >= 11 is 1.20. The average molecular weight is 343 g/mol. The van der Waals surface area contributed by atoms with E-state index in [1.54, 1.807) is 6.92 Å². The highest BCUT2D eigenvalue weighted by Gasteiger charge is 2.17. The second-order valence-corrected chi connectivity index (χ2v) is 7.47. The molecule has 0 aliphatic heterocycles. The first-order chi connectivity index (χ1) is 11.3. The Hall–Kier alpha value is -2.34. The van der Waals surface area contributed by atoms with Crippen LogP contribution in [-0.2, 0) is 6.54 Å². The van der Waals surface area contributed by atoms with Crippen molar-refractivity contribution in [3.8, 4) is 10.6 Å². The number of hydrogen-bond donors (Lipinski definition) is 2. The molecular formula is C18H21N3O2S. The Morgan fingerprint density at radius 1 is 1.38 bits per heavy atom. The number of fused-ring (bicyclic) bond motifs is 1. The second kappa shape index (κ2) is 5.94. The average Bonchev–Trinajstić information content (AvgIpc) is 3.01. The molecule has 3 rings (SSSR count). The summed E-state index contributed by atoms with van der Waals surface area (Å²) in [6.07, 6.45) is 0. The number of carbonyl (C=O) groups is 1. The molecule has 0 spiro atoms. The van der Waals surface area contributed by atoms with Crippen molar-refractivity contribution >= 4 is 33.9 Å². The molecule has 0 unspecified atom stereocenters. The van der Waals surface area contributed by atoms with E-state index < -0.39 is 5.97 Å². The normalized spacial score (nSPS) is 11.5.